The van der Waals surface area contributed by atoms with Gasteiger partial charge in [-0.15, -0.1) is 11.3 Å². The predicted octanol–water partition coefficient (Wildman–Crippen LogP) is 4.79. The van der Waals surface area contributed by atoms with Crippen LogP contribution in [-0.4, -0.2) is 9.97 Å². The zero-order valence-electron chi connectivity index (χ0n) is 11.1. The Hall–Kier alpha value is -1.39. The normalized spacial score (nSPS) is 14.7. The number of nitrogens with zero attached hydrogens (tertiary/aromatic N) is 2. The summed E-state index contributed by atoms with van der Waals surface area (Å²) in [7, 11) is 0. The van der Waals surface area contributed by atoms with Crippen LogP contribution >= 0.6 is 22.9 Å². The lowest BCUT2D eigenvalue weighted by Crippen LogP contribution is -1.98. The highest BCUT2D eigenvalue weighted by Gasteiger charge is 2.21. The van der Waals surface area contributed by atoms with Gasteiger partial charge in [-0.1, -0.05) is 11.6 Å². The second-order valence-electron chi connectivity index (χ2n) is 5.12. The molecular formula is C15H13ClN2OS. The molecule has 102 valence electrons. The number of halogens is 1. The van der Waals surface area contributed by atoms with E-state index < -0.39 is 0 Å². The van der Waals surface area contributed by atoms with E-state index >= 15 is 0 Å². The van der Waals surface area contributed by atoms with Gasteiger partial charge in [0.15, 0.2) is 5.82 Å². The van der Waals surface area contributed by atoms with Gasteiger partial charge in [-0.2, -0.15) is 0 Å². The molecule has 0 amide bonds. The van der Waals surface area contributed by atoms with Crippen LogP contribution in [0.3, 0.4) is 0 Å². The Morgan fingerprint density at radius 1 is 1.25 bits per heavy atom. The third-order valence-electron chi connectivity index (χ3n) is 3.87. The zero-order valence-corrected chi connectivity index (χ0v) is 12.6. The molecule has 3 heterocycles. The summed E-state index contributed by atoms with van der Waals surface area (Å²) >= 11 is 8.20. The van der Waals surface area contributed by atoms with Crippen molar-refractivity contribution in [1.82, 2.24) is 9.97 Å². The first-order valence-corrected chi connectivity index (χ1v) is 7.96. The SMILES string of the molecule is Cc1occc1-c1nc(Cl)c2c3c(sc2n1)CCCC3. The largest absolute Gasteiger partial charge is 0.469 e. The lowest BCUT2D eigenvalue weighted by atomic mass is 9.97. The van der Waals surface area contributed by atoms with Crippen LogP contribution in [0.4, 0.5) is 0 Å². The molecule has 0 radical (unpaired) electrons. The zero-order chi connectivity index (χ0) is 13.7. The Labute approximate surface area is 125 Å². The fraction of sp³-hybridized carbons (Fsp3) is 0.333. The lowest BCUT2D eigenvalue weighted by molar-refractivity contribution is 0.535. The predicted molar refractivity (Wildman–Crippen MR) is 81.5 cm³/mol. The third kappa shape index (κ3) is 1.79. The summed E-state index contributed by atoms with van der Waals surface area (Å²) in [4.78, 5) is 11.6. The fourth-order valence-electron chi connectivity index (χ4n) is 2.85. The Kier molecular flexibility index (Phi) is 2.82. The smallest absolute Gasteiger partial charge is 0.165 e. The van der Waals surface area contributed by atoms with E-state index in [2.05, 4.69) is 4.98 Å². The van der Waals surface area contributed by atoms with E-state index in [1.165, 1.54) is 23.3 Å². The summed E-state index contributed by atoms with van der Waals surface area (Å²) in [6, 6.07) is 1.89. The van der Waals surface area contributed by atoms with E-state index in [0.29, 0.717) is 11.0 Å². The van der Waals surface area contributed by atoms with Gasteiger partial charge in [0.1, 0.15) is 15.7 Å². The maximum Gasteiger partial charge on any atom is 0.165 e. The van der Waals surface area contributed by atoms with Crippen LogP contribution in [0.1, 0.15) is 29.0 Å². The Morgan fingerprint density at radius 2 is 2.10 bits per heavy atom. The van der Waals surface area contributed by atoms with Gasteiger partial charge in [0.2, 0.25) is 0 Å². The number of fused-ring (bicyclic) bond motifs is 3. The quantitative estimate of drug-likeness (QED) is 0.607. The number of hydrogen-bond donors (Lipinski definition) is 0. The average Bonchev–Trinajstić information content (AvgIpc) is 3.01. The first-order valence-electron chi connectivity index (χ1n) is 6.76. The van der Waals surface area contributed by atoms with Gasteiger partial charge in [-0.05, 0) is 44.2 Å². The Balaban J connectivity index is 1.97. The molecule has 0 unspecified atom stereocenters. The highest BCUT2D eigenvalue weighted by molar-refractivity contribution is 7.19. The maximum absolute atomic E-state index is 6.43. The molecule has 0 saturated carbocycles. The first-order chi connectivity index (χ1) is 9.74. The number of aromatic nitrogens is 2. The molecular weight excluding hydrogens is 292 g/mol. The average molecular weight is 305 g/mol. The summed E-state index contributed by atoms with van der Waals surface area (Å²) in [5.74, 6) is 1.48. The molecule has 0 fully saturated rings. The van der Waals surface area contributed by atoms with Gasteiger partial charge >= 0.3 is 0 Å². The fourth-order valence-corrected chi connectivity index (χ4v) is 4.45. The van der Waals surface area contributed by atoms with Crippen molar-refractivity contribution in [2.75, 3.05) is 0 Å². The van der Waals surface area contributed by atoms with Crippen molar-refractivity contribution in [3.8, 4) is 11.4 Å². The molecule has 0 aliphatic heterocycles. The Bertz CT molecular complexity index is 806. The van der Waals surface area contributed by atoms with Crippen LogP contribution in [0.2, 0.25) is 5.15 Å². The molecule has 3 nitrogen and oxygen atoms in total. The van der Waals surface area contributed by atoms with Gasteiger partial charge in [0.05, 0.1) is 17.2 Å². The molecule has 0 bridgehead atoms. The van der Waals surface area contributed by atoms with E-state index in [4.69, 9.17) is 21.0 Å². The van der Waals surface area contributed by atoms with Crippen LogP contribution < -0.4 is 0 Å². The van der Waals surface area contributed by atoms with Crippen molar-refractivity contribution in [3.05, 3.63) is 33.7 Å². The van der Waals surface area contributed by atoms with Gasteiger partial charge in [0, 0.05) is 4.88 Å². The molecule has 4 rings (SSSR count). The summed E-state index contributed by atoms with van der Waals surface area (Å²) in [5.41, 5.74) is 2.29. The topological polar surface area (TPSA) is 38.9 Å². The van der Waals surface area contributed by atoms with Crippen molar-refractivity contribution < 1.29 is 4.42 Å². The molecule has 0 N–H and O–H groups in total. The number of aryl methyl sites for hydroxylation is 3. The van der Waals surface area contributed by atoms with Crippen LogP contribution in [0.5, 0.6) is 0 Å². The Morgan fingerprint density at radius 3 is 2.90 bits per heavy atom. The minimum Gasteiger partial charge on any atom is -0.469 e. The van der Waals surface area contributed by atoms with Crippen LogP contribution in [0, 0.1) is 6.92 Å². The van der Waals surface area contributed by atoms with Crippen LogP contribution in [-0.2, 0) is 12.8 Å². The van der Waals surface area contributed by atoms with Gasteiger partial charge in [-0.3, -0.25) is 0 Å². The van der Waals surface area contributed by atoms with Gasteiger partial charge in [-0.25, -0.2) is 9.97 Å². The molecule has 3 aromatic rings. The standard InChI is InChI=1S/C15H13ClN2OS/c1-8-9(6-7-19-8)14-17-13(16)12-10-4-2-3-5-11(10)20-15(12)18-14/h6-7H,2-5H2,1H3. The molecule has 5 heteroatoms. The summed E-state index contributed by atoms with van der Waals surface area (Å²) in [6.07, 6.45) is 6.40. The second-order valence-corrected chi connectivity index (χ2v) is 6.56. The number of thiophene rings is 1. The minimum atomic E-state index is 0.574. The van der Waals surface area contributed by atoms with E-state index in [-0.39, 0.29) is 0 Å². The number of hydrogen-bond acceptors (Lipinski definition) is 4. The lowest BCUT2D eigenvalue weighted by Gasteiger charge is -2.10. The molecule has 20 heavy (non-hydrogen) atoms. The molecule has 0 saturated heterocycles. The van der Waals surface area contributed by atoms with Crippen LogP contribution in [0.25, 0.3) is 21.6 Å². The molecule has 1 aliphatic rings. The van der Waals surface area contributed by atoms with Crippen molar-refractivity contribution in [1.29, 1.82) is 0 Å². The first kappa shape index (κ1) is 12.4. The van der Waals surface area contributed by atoms with Crippen molar-refractivity contribution in [2.45, 2.75) is 32.6 Å². The number of furan rings is 1. The maximum atomic E-state index is 6.43. The van der Waals surface area contributed by atoms with E-state index in [1.807, 2.05) is 13.0 Å². The van der Waals surface area contributed by atoms with E-state index in [0.717, 1.165) is 34.4 Å². The van der Waals surface area contributed by atoms with Crippen molar-refractivity contribution in [3.63, 3.8) is 0 Å². The van der Waals surface area contributed by atoms with Crippen molar-refractivity contribution in [2.24, 2.45) is 0 Å². The minimum absolute atomic E-state index is 0.574. The molecule has 1 aliphatic carbocycles. The van der Waals surface area contributed by atoms with Gasteiger partial charge < -0.3 is 4.42 Å². The van der Waals surface area contributed by atoms with Gasteiger partial charge in [0.25, 0.3) is 0 Å². The van der Waals surface area contributed by atoms with Crippen LogP contribution in [0.15, 0.2) is 16.7 Å². The highest BCUT2D eigenvalue weighted by atomic mass is 35.5. The number of rotatable bonds is 1. The molecule has 0 atom stereocenters. The van der Waals surface area contributed by atoms with E-state index in [1.54, 1.807) is 17.6 Å². The second kappa shape index (κ2) is 4.57. The van der Waals surface area contributed by atoms with Crippen molar-refractivity contribution >= 4 is 33.2 Å². The highest BCUT2D eigenvalue weighted by Crippen LogP contribution is 2.39. The monoisotopic (exact) mass is 304 g/mol. The molecule has 0 aromatic carbocycles. The summed E-state index contributed by atoms with van der Waals surface area (Å²) in [5, 5.41) is 1.64. The summed E-state index contributed by atoms with van der Waals surface area (Å²) < 4.78 is 5.33. The van der Waals surface area contributed by atoms with E-state index in [9.17, 15) is 0 Å². The summed E-state index contributed by atoms with van der Waals surface area (Å²) in [6.45, 7) is 1.91. The molecule has 0 spiro atoms. The molecule has 3 aromatic heterocycles. The third-order valence-corrected chi connectivity index (χ3v) is 5.33.